The molecule has 0 unspecified atom stereocenters. The standard InChI is InChI=1S/2C7H6N2.C6H5N3.3C4H10/c1-3-7-4-2-6-9(7)8-5-1;1-2-4-9-6-8-5-7(9)3-1;1-2-7-5-9-4-3-8-6(1)9;3*1-4(2)3/h2*1-6H;1-5H;3*4H,1-3H3. The molecular formula is C32H47N7. The molecule has 6 aromatic rings. The van der Waals surface area contributed by atoms with Gasteiger partial charge in [-0.1, -0.05) is 68.4 Å². The second-order valence-corrected chi connectivity index (χ2v) is 10.8. The Morgan fingerprint density at radius 1 is 0.538 bits per heavy atom. The van der Waals surface area contributed by atoms with Crippen LogP contribution in [0.5, 0.6) is 0 Å². The lowest BCUT2D eigenvalue weighted by Crippen LogP contribution is -1.84. The van der Waals surface area contributed by atoms with Gasteiger partial charge in [-0.05, 0) is 60.2 Å². The molecule has 0 spiro atoms. The summed E-state index contributed by atoms with van der Waals surface area (Å²) in [6, 6.07) is 15.8. The fraction of sp³-hybridized carbons (Fsp3) is 0.375. The molecular weight excluding hydrogens is 482 g/mol. The van der Waals surface area contributed by atoms with Crippen molar-refractivity contribution in [3.63, 3.8) is 0 Å². The van der Waals surface area contributed by atoms with Gasteiger partial charge in [0.05, 0.1) is 23.6 Å². The van der Waals surface area contributed by atoms with Gasteiger partial charge in [-0.15, -0.1) is 0 Å². The zero-order chi connectivity index (χ0) is 29.0. The summed E-state index contributed by atoms with van der Waals surface area (Å²) < 4.78 is 5.67. The zero-order valence-corrected chi connectivity index (χ0v) is 25.2. The Balaban J connectivity index is 0.000000245. The molecule has 0 atom stereocenters. The second-order valence-electron chi connectivity index (χ2n) is 10.8. The summed E-state index contributed by atoms with van der Waals surface area (Å²) in [5.41, 5.74) is 3.21. The summed E-state index contributed by atoms with van der Waals surface area (Å²) in [5, 5.41) is 4.06. The number of hydrogen-bond donors (Lipinski definition) is 0. The van der Waals surface area contributed by atoms with Crippen molar-refractivity contribution in [2.75, 3.05) is 0 Å². The number of pyridine rings is 1. The average molecular weight is 530 g/mol. The summed E-state index contributed by atoms with van der Waals surface area (Å²) in [4.78, 5) is 11.9. The van der Waals surface area contributed by atoms with Crippen molar-refractivity contribution >= 4 is 16.7 Å². The molecule has 0 N–H and O–H groups in total. The summed E-state index contributed by atoms with van der Waals surface area (Å²) in [5.74, 6) is 2.50. The van der Waals surface area contributed by atoms with E-state index in [0.717, 1.165) is 34.4 Å². The van der Waals surface area contributed by atoms with Crippen LogP contribution in [0.25, 0.3) is 16.7 Å². The third-order valence-corrected chi connectivity index (χ3v) is 3.82. The highest BCUT2D eigenvalue weighted by Gasteiger charge is 1.87. The van der Waals surface area contributed by atoms with Crippen LogP contribution in [0.2, 0.25) is 0 Å². The van der Waals surface area contributed by atoms with Crippen LogP contribution in [-0.2, 0) is 0 Å². The molecule has 0 bridgehead atoms. The van der Waals surface area contributed by atoms with Gasteiger partial charge in [-0.25, -0.2) is 19.5 Å². The van der Waals surface area contributed by atoms with Crippen molar-refractivity contribution in [2.24, 2.45) is 17.8 Å². The zero-order valence-electron chi connectivity index (χ0n) is 25.2. The maximum Gasteiger partial charge on any atom is 0.139 e. The quantitative estimate of drug-likeness (QED) is 0.198. The molecule has 0 aliphatic heterocycles. The van der Waals surface area contributed by atoms with Crippen molar-refractivity contribution in [1.82, 2.24) is 33.4 Å². The van der Waals surface area contributed by atoms with Crippen LogP contribution < -0.4 is 0 Å². The first-order chi connectivity index (χ1) is 18.6. The molecule has 0 amide bonds. The molecule has 0 fully saturated rings. The molecule has 6 heterocycles. The Hall–Kier alpha value is -4.00. The highest BCUT2D eigenvalue weighted by atomic mass is 15.2. The molecule has 7 heteroatoms. The van der Waals surface area contributed by atoms with Crippen LogP contribution in [0.15, 0.2) is 105 Å². The largest absolute Gasteiger partial charge is 0.306 e. The van der Waals surface area contributed by atoms with Crippen LogP contribution in [-0.4, -0.2) is 33.4 Å². The number of nitrogens with zero attached hydrogens (tertiary/aromatic N) is 7. The fourth-order valence-corrected chi connectivity index (χ4v) is 2.51. The third-order valence-electron chi connectivity index (χ3n) is 3.82. The maximum atomic E-state index is 4.06. The van der Waals surface area contributed by atoms with Crippen LogP contribution >= 0.6 is 0 Å². The monoisotopic (exact) mass is 529 g/mol. The second kappa shape index (κ2) is 19.1. The lowest BCUT2D eigenvalue weighted by molar-refractivity contribution is 0.736. The van der Waals surface area contributed by atoms with Gasteiger partial charge in [-0.3, -0.25) is 4.40 Å². The van der Waals surface area contributed by atoms with E-state index in [1.54, 1.807) is 31.2 Å². The average Bonchev–Trinajstić information content (AvgIpc) is 3.64. The summed E-state index contributed by atoms with van der Waals surface area (Å²) in [6.07, 6.45) is 16.4. The predicted molar refractivity (Wildman–Crippen MR) is 165 cm³/mol. The van der Waals surface area contributed by atoms with E-state index in [2.05, 4.69) is 82.4 Å². The number of aromatic nitrogens is 7. The Kier molecular flexibility index (Phi) is 16.2. The predicted octanol–water partition coefficient (Wildman–Crippen LogP) is 8.38. The minimum Gasteiger partial charge on any atom is -0.306 e. The van der Waals surface area contributed by atoms with Crippen molar-refractivity contribution in [2.45, 2.75) is 62.3 Å². The van der Waals surface area contributed by atoms with Gasteiger partial charge in [0.1, 0.15) is 12.0 Å². The minimum absolute atomic E-state index is 0.833. The van der Waals surface area contributed by atoms with Gasteiger partial charge < -0.3 is 4.40 Å². The van der Waals surface area contributed by atoms with E-state index < -0.39 is 0 Å². The third kappa shape index (κ3) is 15.8. The van der Waals surface area contributed by atoms with Crippen LogP contribution in [0.1, 0.15) is 62.3 Å². The summed E-state index contributed by atoms with van der Waals surface area (Å²) in [6.45, 7) is 19.5. The topological polar surface area (TPSA) is 64.8 Å². The Labute approximate surface area is 234 Å². The van der Waals surface area contributed by atoms with Crippen LogP contribution in [0, 0.1) is 17.8 Å². The van der Waals surface area contributed by atoms with E-state index in [1.165, 1.54) is 0 Å². The first-order valence-electron chi connectivity index (χ1n) is 13.6. The molecule has 39 heavy (non-hydrogen) atoms. The van der Waals surface area contributed by atoms with Gasteiger partial charge in [0.15, 0.2) is 0 Å². The van der Waals surface area contributed by atoms with Crippen molar-refractivity contribution < 1.29 is 0 Å². The van der Waals surface area contributed by atoms with Gasteiger partial charge in [0.2, 0.25) is 0 Å². The van der Waals surface area contributed by atoms with E-state index in [9.17, 15) is 0 Å². The Bertz CT molecular complexity index is 1120. The van der Waals surface area contributed by atoms with E-state index >= 15 is 0 Å². The molecule has 0 radical (unpaired) electrons. The van der Waals surface area contributed by atoms with Gasteiger partial charge in [0, 0.05) is 37.2 Å². The van der Waals surface area contributed by atoms with E-state index in [0.29, 0.717) is 0 Å². The molecule has 0 aromatic carbocycles. The highest BCUT2D eigenvalue weighted by Crippen LogP contribution is 1.99. The van der Waals surface area contributed by atoms with E-state index in [4.69, 9.17) is 0 Å². The minimum atomic E-state index is 0.833. The summed E-state index contributed by atoms with van der Waals surface area (Å²) in [7, 11) is 0. The number of fused-ring (bicyclic) bond motifs is 3. The molecule has 0 saturated carbocycles. The van der Waals surface area contributed by atoms with Crippen molar-refractivity contribution in [3.05, 3.63) is 105 Å². The molecule has 6 aromatic heterocycles. The van der Waals surface area contributed by atoms with Crippen molar-refractivity contribution in [3.8, 4) is 0 Å². The molecule has 0 aliphatic rings. The fourth-order valence-electron chi connectivity index (χ4n) is 2.51. The molecule has 0 aliphatic carbocycles. The maximum absolute atomic E-state index is 4.06. The highest BCUT2D eigenvalue weighted by molar-refractivity contribution is 5.45. The van der Waals surface area contributed by atoms with Crippen LogP contribution in [0.3, 0.4) is 0 Å². The lowest BCUT2D eigenvalue weighted by atomic mass is 10.3. The first-order valence-corrected chi connectivity index (χ1v) is 13.6. The van der Waals surface area contributed by atoms with Gasteiger partial charge >= 0.3 is 0 Å². The molecule has 6 rings (SSSR count). The molecule has 0 saturated heterocycles. The Morgan fingerprint density at radius 3 is 1.77 bits per heavy atom. The van der Waals surface area contributed by atoms with Crippen LogP contribution in [0.4, 0.5) is 0 Å². The van der Waals surface area contributed by atoms with E-state index in [-0.39, 0.29) is 0 Å². The smallest absolute Gasteiger partial charge is 0.139 e. The molecule has 7 nitrogen and oxygen atoms in total. The van der Waals surface area contributed by atoms with Gasteiger partial charge in [0.25, 0.3) is 0 Å². The van der Waals surface area contributed by atoms with E-state index in [1.807, 2.05) is 86.6 Å². The summed E-state index contributed by atoms with van der Waals surface area (Å²) >= 11 is 0. The first kappa shape index (κ1) is 33.0. The number of rotatable bonds is 0. The lowest BCUT2D eigenvalue weighted by Gasteiger charge is -1.87. The molecule has 210 valence electrons. The normalized spacial score (nSPS) is 9.85. The number of imidazole rings is 2. The number of hydrogen-bond acceptors (Lipinski definition) is 4. The Morgan fingerprint density at radius 2 is 1.15 bits per heavy atom. The van der Waals surface area contributed by atoms with Gasteiger partial charge in [-0.2, -0.15) is 5.10 Å². The SMILES string of the molecule is CC(C)C.CC(C)C.CC(C)C.c1cc2nccn2cn1.c1ccn2cncc2c1.c1cnn2cccc2c1. The van der Waals surface area contributed by atoms with Crippen molar-refractivity contribution in [1.29, 1.82) is 0 Å².